The van der Waals surface area contributed by atoms with E-state index in [1.807, 2.05) is 23.0 Å². The zero-order chi connectivity index (χ0) is 15.2. The number of hydrogen-bond donors (Lipinski definition) is 0. The number of hydrogen-bond acceptors (Lipinski definition) is 2. The fraction of sp³-hybridized carbons (Fsp3) is 0.438. The Kier molecular flexibility index (Phi) is 5.79. The van der Waals surface area contributed by atoms with Gasteiger partial charge in [-0.25, -0.2) is 4.39 Å². The second kappa shape index (κ2) is 7.59. The van der Waals surface area contributed by atoms with Gasteiger partial charge in [0.1, 0.15) is 6.61 Å². The van der Waals surface area contributed by atoms with E-state index in [9.17, 15) is 4.39 Å². The van der Waals surface area contributed by atoms with Gasteiger partial charge in [0.05, 0.1) is 11.7 Å². The SMILES string of the molecule is CCC(CC)n1ccc(COc2ccc(CBr)cc2F)n1. The summed E-state index contributed by atoms with van der Waals surface area (Å²) in [7, 11) is 0. The summed E-state index contributed by atoms with van der Waals surface area (Å²) in [6, 6.07) is 7.31. The highest BCUT2D eigenvalue weighted by atomic mass is 79.9. The van der Waals surface area contributed by atoms with Crippen molar-refractivity contribution < 1.29 is 9.13 Å². The van der Waals surface area contributed by atoms with Crippen LogP contribution >= 0.6 is 15.9 Å². The molecule has 114 valence electrons. The fourth-order valence-corrected chi connectivity index (χ4v) is 2.57. The summed E-state index contributed by atoms with van der Waals surface area (Å²) in [6.07, 6.45) is 4.04. The minimum absolute atomic E-state index is 0.261. The monoisotopic (exact) mass is 354 g/mol. The van der Waals surface area contributed by atoms with Crippen molar-refractivity contribution in [1.29, 1.82) is 0 Å². The summed E-state index contributed by atoms with van der Waals surface area (Å²) < 4.78 is 21.3. The molecule has 21 heavy (non-hydrogen) atoms. The number of aromatic nitrogens is 2. The molecule has 2 aromatic rings. The van der Waals surface area contributed by atoms with Gasteiger partial charge in [-0.15, -0.1) is 0 Å². The maximum Gasteiger partial charge on any atom is 0.165 e. The van der Waals surface area contributed by atoms with Crippen LogP contribution < -0.4 is 4.74 Å². The molecule has 0 radical (unpaired) electrons. The lowest BCUT2D eigenvalue weighted by molar-refractivity contribution is 0.282. The summed E-state index contributed by atoms with van der Waals surface area (Å²) >= 11 is 3.30. The van der Waals surface area contributed by atoms with Gasteiger partial charge in [0.15, 0.2) is 11.6 Å². The van der Waals surface area contributed by atoms with E-state index in [1.54, 1.807) is 6.07 Å². The lowest BCUT2D eigenvalue weighted by atomic mass is 10.2. The van der Waals surface area contributed by atoms with E-state index in [0.717, 1.165) is 24.1 Å². The van der Waals surface area contributed by atoms with Crippen molar-refractivity contribution >= 4 is 15.9 Å². The number of halogens is 2. The number of alkyl halides is 1. The highest BCUT2D eigenvalue weighted by Gasteiger charge is 2.09. The summed E-state index contributed by atoms with van der Waals surface area (Å²) in [5.74, 6) is -0.0804. The molecule has 0 saturated heterocycles. The molecule has 0 spiro atoms. The Morgan fingerprint density at radius 3 is 2.67 bits per heavy atom. The normalized spacial score (nSPS) is 11.1. The third-order valence-corrected chi connectivity index (χ3v) is 4.15. The fourth-order valence-electron chi connectivity index (χ4n) is 2.22. The predicted molar refractivity (Wildman–Crippen MR) is 85.2 cm³/mol. The van der Waals surface area contributed by atoms with Gasteiger partial charge < -0.3 is 4.74 Å². The lowest BCUT2D eigenvalue weighted by Gasteiger charge is -2.12. The van der Waals surface area contributed by atoms with Crippen molar-refractivity contribution in [3.63, 3.8) is 0 Å². The first-order valence-electron chi connectivity index (χ1n) is 7.19. The van der Waals surface area contributed by atoms with Crippen LogP contribution in [-0.4, -0.2) is 9.78 Å². The molecular formula is C16H20BrFN2O. The maximum atomic E-state index is 13.8. The minimum Gasteiger partial charge on any atom is -0.484 e. The highest BCUT2D eigenvalue weighted by Crippen LogP contribution is 2.21. The zero-order valence-electron chi connectivity index (χ0n) is 12.4. The van der Waals surface area contributed by atoms with Gasteiger partial charge >= 0.3 is 0 Å². The molecular weight excluding hydrogens is 335 g/mol. The molecule has 0 atom stereocenters. The first-order valence-corrected chi connectivity index (χ1v) is 8.31. The van der Waals surface area contributed by atoms with Gasteiger partial charge in [0.25, 0.3) is 0 Å². The van der Waals surface area contributed by atoms with Crippen LogP contribution in [0.2, 0.25) is 0 Å². The third-order valence-electron chi connectivity index (χ3n) is 3.51. The molecule has 0 unspecified atom stereocenters. The van der Waals surface area contributed by atoms with Crippen molar-refractivity contribution in [3.05, 3.63) is 47.5 Å². The van der Waals surface area contributed by atoms with E-state index in [-0.39, 0.29) is 18.2 Å². The molecule has 0 saturated carbocycles. The molecule has 0 aliphatic heterocycles. The van der Waals surface area contributed by atoms with E-state index in [4.69, 9.17) is 4.74 Å². The Balaban J connectivity index is 2.00. The van der Waals surface area contributed by atoms with Crippen LogP contribution in [0.25, 0.3) is 0 Å². The Hall–Kier alpha value is -1.36. The lowest BCUT2D eigenvalue weighted by Crippen LogP contribution is -2.08. The summed E-state index contributed by atoms with van der Waals surface area (Å²) in [4.78, 5) is 0. The van der Waals surface area contributed by atoms with E-state index in [2.05, 4.69) is 34.9 Å². The Labute approximate surface area is 133 Å². The molecule has 0 amide bonds. The first-order chi connectivity index (χ1) is 10.2. The van der Waals surface area contributed by atoms with E-state index >= 15 is 0 Å². The average Bonchev–Trinajstić information content (AvgIpc) is 2.96. The van der Waals surface area contributed by atoms with Crippen molar-refractivity contribution in [2.24, 2.45) is 0 Å². The zero-order valence-corrected chi connectivity index (χ0v) is 13.9. The Morgan fingerprint density at radius 2 is 2.05 bits per heavy atom. The molecule has 3 nitrogen and oxygen atoms in total. The summed E-state index contributed by atoms with van der Waals surface area (Å²) in [6.45, 7) is 4.57. The van der Waals surface area contributed by atoms with E-state index in [1.165, 1.54) is 6.07 Å². The quantitative estimate of drug-likeness (QED) is 0.664. The second-order valence-corrected chi connectivity index (χ2v) is 5.51. The van der Waals surface area contributed by atoms with Crippen molar-refractivity contribution in [1.82, 2.24) is 9.78 Å². The first kappa shape index (κ1) is 16.0. The van der Waals surface area contributed by atoms with E-state index in [0.29, 0.717) is 11.4 Å². The van der Waals surface area contributed by atoms with Crippen molar-refractivity contribution in [2.45, 2.75) is 44.7 Å². The standard InChI is InChI=1S/C16H20BrFN2O/c1-3-14(4-2)20-8-7-13(19-20)11-21-16-6-5-12(10-17)9-15(16)18/h5-9,14H,3-4,10-11H2,1-2H3. The molecule has 0 fully saturated rings. The van der Waals surface area contributed by atoms with Crippen molar-refractivity contribution in [2.75, 3.05) is 0 Å². The van der Waals surface area contributed by atoms with Crippen LogP contribution in [0, 0.1) is 5.82 Å². The van der Waals surface area contributed by atoms with Gasteiger partial charge in [-0.2, -0.15) is 5.10 Å². The predicted octanol–water partition coefficient (Wildman–Crippen LogP) is 4.86. The largest absolute Gasteiger partial charge is 0.484 e. The van der Waals surface area contributed by atoms with Crippen LogP contribution in [0.4, 0.5) is 4.39 Å². The molecule has 5 heteroatoms. The topological polar surface area (TPSA) is 27.1 Å². The second-order valence-electron chi connectivity index (χ2n) is 4.94. The Bertz CT molecular complexity index is 581. The molecule has 1 aromatic heterocycles. The van der Waals surface area contributed by atoms with Gasteiger partial charge in [0.2, 0.25) is 0 Å². The molecule has 0 aliphatic carbocycles. The van der Waals surface area contributed by atoms with Gasteiger partial charge in [-0.05, 0) is 36.6 Å². The minimum atomic E-state index is -0.341. The number of benzene rings is 1. The van der Waals surface area contributed by atoms with Gasteiger partial charge in [-0.1, -0.05) is 35.8 Å². The molecule has 2 rings (SSSR count). The van der Waals surface area contributed by atoms with Crippen LogP contribution in [0.15, 0.2) is 30.5 Å². The number of rotatable bonds is 7. The molecule has 0 bridgehead atoms. The van der Waals surface area contributed by atoms with E-state index < -0.39 is 0 Å². The maximum absolute atomic E-state index is 13.8. The average molecular weight is 355 g/mol. The number of ether oxygens (including phenoxy) is 1. The van der Waals surface area contributed by atoms with Crippen LogP contribution in [-0.2, 0) is 11.9 Å². The van der Waals surface area contributed by atoms with Gasteiger partial charge in [0, 0.05) is 11.5 Å². The summed E-state index contributed by atoms with van der Waals surface area (Å²) in [5.41, 5.74) is 1.70. The Morgan fingerprint density at radius 1 is 1.29 bits per heavy atom. The molecule has 0 N–H and O–H groups in total. The van der Waals surface area contributed by atoms with Gasteiger partial charge in [-0.3, -0.25) is 4.68 Å². The molecule has 0 aliphatic rings. The van der Waals surface area contributed by atoms with Crippen LogP contribution in [0.1, 0.15) is 44.0 Å². The van der Waals surface area contributed by atoms with Crippen molar-refractivity contribution in [3.8, 4) is 5.75 Å². The van der Waals surface area contributed by atoms with Crippen LogP contribution in [0.3, 0.4) is 0 Å². The van der Waals surface area contributed by atoms with Crippen LogP contribution in [0.5, 0.6) is 5.75 Å². The number of nitrogens with zero attached hydrogens (tertiary/aromatic N) is 2. The smallest absolute Gasteiger partial charge is 0.165 e. The molecule has 1 heterocycles. The third kappa shape index (κ3) is 4.06. The molecule has 1 aromatic carbocycles. The summed E-state index contributed by atoms with van der Waals surface area (Å²) in [5, 5.41) is 5.12. The highest BCUT2D eigenvalue weighted by molar-refractivity contribution is 9.08.